The van der Waals surface area contributed by atoms with Crippen molar-refractivity contribution in [2.24, 2.45) is 5.41 Å². The molecule has 0 saturated heterocycles. The van der Waals surface area contributed by atoms with Crippen LogP contribution in [0.5, 0.6) is 0 Å². The molecule has 0 atom stereocenters. The Morgan fingerprint density at radius 3 is 2.72 bits per heavy atom. The second-order valence-corrected chi connectivity index (χ2v) is 6.90. The van der Waals surface area contributed by atoms with E-state index in [-0.39, 0.29) is 0 Å². The number of hydrogen-bond acceptors (Lipinski definition) is 3. The van der Waals surface area contributed by atoms with Crippen molar-refractivity contribution in [2.75, 3.05) is 33.7 Å². The summed E-state index contributed by atoms with van der Waals surface area (Å²) >= 11 is 1.90. The second kappa shape index (κ2) is 6.18. The van der Waals surface area contributed by atoms with Crippen molar-refractivity contribution in [1.29, 1.82) is 0 Å². The van der Waals surface area contributed by atoms with Gasteiger partial charge in [-0.1, -0.05) is 6.42 Å². The minimum Gasteiger partial charge on any atom is -0.319 e. The molecule has 1 aliphatic rings. The van der Waals surface area contributed by atoms with Crippen LogP contribution in [0.2, 0.25) is 0 Å². The smallest absolute Gasteiger partial charge is 0.00871 e. The molecule has 0 amide bonds. The van der Waals surface area contributed by atoms with Crippen LogP contribution < -0.4 is 5.32 Å². The quantitative estimate of drug-likeness (QED) is 0.816. The van der Waals surface area contributed by atoms with E-state index in [0.717, 1.165) is 0 Å². The number of hydrogen-bond donors (Lipinski definition) is 1. The maximum atomic E-state index is 3.37. The van der Waals surface area contributed by atoms with Crippen LogP contribution in [0.3, 0.4) is 0 Å². The lowest BCUT2D eigenvalue weighted by Crippen LogP contribution is -2.47. The van der Waals surface area contributed by atoms with Crippen molar-refractivity contribution in [3.63, 3.8) is 0 Å². The van der Waals surface area contributed by atoms with E-state index in [2.05, 4.69) is 42.7 Å². The monoisotopic (exact) mass is 266 g/mol. The molecule has 1 aromatic rings. The lowest BCUT2D eigenvalue weighted by molar-refractivity contribution is 0.0804. The highest BCUT2D eigenvalue weighted by atomic mass is 32.1. The molecule has 0 aliphatic heterocycles. The first-order valence-corrected chi connectivity index (χ1v) is 7.89. The standard InChI is InChI=1S/C15H26N2S/c1-13-6-10-18-14(13)5-9-17(3)12-15(11-16-2)7-4-8-15/h6,10,16H,4-5,7-9,11-12H2,1-3H3. The van der Waals surface area contributed by atoms with Gasteiger partial charge in [-0.3, -0.25) is 0 Å². The Morgan fingerprint density at radius 1 is 1.44 bits per heavy atom. The molecule has 1 heterocycles. The van der Waals surface area contributed by atoms with Gasteiger partial charge in [-0.05, 0) is 62.7 Å². The van der Waals surface area contributed by atoms with Gasteiger partial charge in [0, 0.05) is 24.5 Å². The molecular weight excluding hydrogens is 240 g/mol. The van der Waals surface area contributed by atoms with E-state index in [9.17, 15) is 0 Å². The van der Waals surface area contributed by atoms with Gasteiger partial charge in [-0.15, -0.1) is 11.3 Å². The summed E-state index contributed by atoms with van der Waals surface area (Å²) in [5.74, 6) is 0. The van der Waals surface area contributed by atoms with Gasteiger partial charge < -0.3 is 10.2 Å². The van der Waals surface area contributed by atoms with Gasteiger partial charge in [0.25, 0.3) is 0 Å². The first kappa shape index (κ1) is 14.0. The summed E-state index contributed by atoms with van der Waals surface area (Å²) in [5, 5.41) is 5.58. The Bertz CT molecular complexity index is 368. The van der Waals surface area contributed by atoms with Gasteiger partial charge >= 0.3 is 0 Å². The average Bonchev–Trinajstić information content (AvgIpc) is 2.69. The van der Waals surface area contributed by atoms with Crippen molar-refractivity contribution in [1.82, 2.24) is 10.2 Å². The summed E-state index contributed by atoms with van der Waals surface area (Å²) < 4.78 is 0. The topological polar surface area (TPSA) is 15.3 Å². The molecule has 1 aromatic heterocycles. The number of nitrogens with zero attached hydrogens (tertiary/aromatic N) is 1. The maximum absolute atomic E-state index is 3.37. The largest absolute Gasteiger partial charge is 0.319 e. The molecule has 0 spiro atoms. The molecule has 0 unspecified atom stereocenters. The Hall–Kier alpha value is -0.380. The van der Waals surface area contributed by atoms with Gasteiger partial charge in [0.2, 0.25) is 0 Å². The first-order valence-electron chi connectivity index (χ1n) is 7.01. The van der Waals surface area contributed by atoms with Crippen molar-refractivity contribution < 1.29 is 0 Å². The normalized spacial score (nSPS) is 18.0. The van der Waals surface area contributed by atoms with Crippen molar-refractivity contribution in [3.05, 3.63) is 21.9 Å². The highest BCUT2D eigenvalue weighted by molar-refractivity contribution is 7.10. The lowest BCUT2D eigenvalue weighted by atomic mass is 9.68. The predicted octanol–water partition coefficient (Wildman–Crippen LogP) is 2.92. The van der Waals surface area contributed by atoms with Crippen LogP contribution in [0.15, 0.2) is 11.4 Å². The maximum Gasteiger partial charge on any atom is 0.00871 e. The highest BCUT2D eigenvalue weighted by Crippen LogP contribution is 2.40. The van der Waals surface area contributed by atoms with Crippen LogP contribution in [-0.4, -0.2) is 38.6 Å². The molecule has 102 valence electrons. The zero-order valence-corrected chi connectivity index (χ0v) is 12.8. The van der Waals surface area contributed by atoms with Crippen LogP contribution in [-0.2, 0) is 6.42 Å². The third-order valence-electron chi connectivity index (χ3n) is 4.26. The Balaban J connectivity index is 1.78. The van der Waals surface area contributed by atoms with Crippen LogP contribution >= 0.6 is 11.3 Å². The molecule has 1 saturated carbocycles. The fourth-order valence-corrected chi connectivity index (χ4v) is 3.95. The predicted molar refractivity (Wildman–Crippen MR) is 80.5 cm³/mol. The molecule has 18 heavy (non-hydrogen) atoms. The number of likely N-dealkylation sites (N-methyl/N-ethyl adjacent to an activating group) is 1. The molecule has 3 heteroatoms. The van der Waals surface area contributed by atoms with Crippen LogP contribution in [0.1, 0.15) is 29.7 Å². The molecule has 1 aliphatic carbocycles. The summed E-state index contributed by atoms with van der Waals surface area (Å²) in [4.78, 5) is 4.08. The van der Waals surface area contributed by atoms with E-state index in [1.165, 1.54) is 50.9 Å². The number of aryl methyl sites for hydroxylation is 1. The lowest BCUT2D eigenvalue weighted by Gasteiger charge is -2.44. The third-order valence-corrected chi connectivity index (χ3v) is 5.34. The Kier molecular flexibility index (Phi) is 4.82. The van der Waals surface area contributed by atoms with E-state index in [1.807, 2.05) is 11.3 Å². The van der Waals surface area contributed by atoms with Crippen molar-refractivity contribution in [2.45, 2.75) is 32.6 Å². The van der Waals surface area contributed by atoms with E-state index in [1.54, 1.807) is 4.88 Å². The van der Waals surface area contributed by atoms with Crippen LogP contribution in [0, 0.1) is 12.3 Å². The fraction of sp³-hybridized carbons (Fsp3) is 0.733. The van der Waals surface area contributed by atoms with Gasteiger partial charge in [-0.25, -0.2) is 0 Å². The molecule has 0 radical (unpaired) electrons. The summed E-state index contributed by atoms with van der Waals surface area (Å²) in [6, 6.07) is 2.23. The minimum atomic E-state index is 0.563. The Morgan fingerprint density at radius 2 is 2.22 bits per heavy atom. The fourth-order valence-electron chi connectivity index (χ4n) is 3.05. The van der Waals surface area contributed by atoms with Crippen LogP contribution in [0.4, 0.5) is 0 Å². The molecule has 2 nitrogen and oxygen atoms in total. The van der Waals surface area contributed by atoms with Gasteiger partial charge in [0.05, 0.1) is 0 Å². The molecule has 0 bridgehead atoms. The zero-order chi connectivity index (χ0) is 13.0. The highest BCUT2D eigenvalue weighted by Gasteiger charge is 2.36. The van der Waals surface area contributed by atoms with Crippen molar-refractivity contribution in [3.8, 4) is 0 Å². The van der Waals surface area contributed by atoms with E-state index in [0.29, 0.717) is 5.41 Å². The summed E-state index contributed by atoms with van der Waals surface area (Å²) in [6.07, 6.45) is 5.42. The van der Waals surface area contributed by atoms with E-state index < -0.39 is 0 Å². The zero-order valence-electron chi connectivity index (χ0n) is 12.0. The molecular formula is C15H26N2S. The molecule has 1 fully saturated rings. The number of nitrogens with one attached hydrogen (secondary N) is 1. The minimum absolute atomic E-state index is 0.563. The van der Waals surface area contributed by atoms with Gasteiger partial charge in [0.15, 0.2) is 0 Å². The molecule has 2 rings (SSSR count). The SMILES string of the molecule is CNCC1(CN(C)CCc2sccc2C)CCC1. The summed E-state index contributed by atoms with van der Waals surface area (Å²) in [5.41, 5.74) is 2.02. The van der Waals surface area contributed by atoms with Gasteiger partial charge in [0.1, 0.15) is 0 Å². The Labute approximate surface area is 115 Å². The first-order chi connectivity index (χ1) is 8.65. The van der Waals surface area contributed by atoms with Crippen LogP contribution in [0.25, 0.3) is 0 Å². The summed E-state index contributed by atoms with van der Waals surface area (Å²) in [7, 11) is 4.35. The van der Waals surface area contributed by atoms with E-state index in [4.69, 9.17) is 0 Å². The average molecular weight is 266 g/mol. The van der Waals surface area contributed by atoms with Gasteiger partial charge in [-0.2, -0.15) is 0 Å². The molecule has 1 N–H and O–H groups in total. The second-order valence-electron chi connectivity index (χ2n) is 5.90. The number of rotatable bonds is 7. The molecule has 0 aromatic carbocycles. The van der Waals surface area contributed by atoms with Crippen molar-refractivity contribution >= 4 is 11.3 Å². The summed E-state index contributed by atoms with van der Waals surface area (Å²) in [6.45, 7) is 5.83. The van der Waals surface area contributed by atoms with E-state index >= 15 is 0 Å². The number of thiophene rings is 1. The third kappa shape index (κ3) is 3.34.